The van der Waals surface area contributed by atoms with E-state index in [-0.39, 0.29) is 31.1 Å². The first-order valence-electron chi connectivity index (χ1n) is 31.2. The fourth-order valence-electron chi connectivity index (χ4n) is 8.76. The van der Waals surface area contributed by atoms with E-state index >= 15 is 0 Å². The molecule has 0 aliphatic heterocycles. The Balaban J connectivity index is 4.44. The molecule has 0 amide bonds. The van der Waals surface area contributed by atoms with Gasteiger partial charge in [0.05, 0.1) is 0 Å². The molecule has 0 bridgehead atoms. The Morgan fingerprint density at radius 1 is 0.274 bits per heavy atom. The minimum absolute atomic E-state index is 0.0914. The number of esters is 3. The number of hydrogen-bond acceptors (Lipinski definition) is 6. The lowest BCUT2D eigenvalue weighted by Crippen LogP contribution is -2.30. The van der Waals surface area contributed by atoms with Crippen molar-refractivity contribution in [3.05, 3.63) is 85.1 Å². The van der Waals surface area contributed by atoms with E-state index in [1.54, 1.807) is 0 Å². The second-order valence-corrected chi connectivity index (χ2v) is 20.7. The van der Waals surface area contributed by atoms with Gasteiger partial charge in [0.25, 0.3) is 0 Å². The van der Waals surface area contributed by atoms with Crippen LogP contribution in [0.4, 0.5) is 0 Å². The van der Waals surface area contributed by atoms with Crippen LogP contribution in [0.25, 0.3) is 0 Å². The van der Waals surface area contributed by atoms with E-state index < -0.39 is 6.10 Å². The Hall–Kier alpha value is -3.41. The van der Waals surface area contributed by atoms with Crippen LogP contribution in [0.15, 0.2) is 85.1 Å². The largest absolute Gasteiger partial charge is 0.462 e. The highest BCUT2D eigenvalue weighted by Crippen LogP contribution is 2.16. The molecule has 0 saturated carbocycles. The summed E-state index contributed by atoms with van der Waals surface area (Å²) in [6.45, 7) is 6.55. The van der Waals surface area contributed by atoms with Crippen LogP contribution in [-0.4, -0.2) is 37.2 Å². The van der Waals surface area contributed by atoms with Gasteiger partial charge in [-0.3, -0.25) is 14.4 Å². The zero-order valence-electron chi connectivity index (χ0n) is 48.1. The van der Waals surface area contributed by atoms with E-state index in [0.29, 0.717) is 19.3 Å². The summed E-state index contributed by atoms with van der Waals surface area (Å²) in [5.41, 5.74) is 0. The maximum Gasteiger partial charge on any atom is 0.306 e. The van der Waals surface area contributed by atoms with Crippen LogP contribution in [0.2, 0.25) is 0 Å². The molecule has 1 atom stereocenters. The highest BCUT2D eigenvalue weighted by Gasteiger charge is 2.19. The molecule has 0 spiro atoms. The standard InChI is InChI=1S/C67H116O6/c1-4-7-10-13-16-19-22-25-28-31-34-37-39-42-45-48-51-54-57-60-66(69)72-63-64(73-67(70)61-58-55-52-49-46-43-40-36-33-30-27-24-21-18-15-12-9-6-3)62-71-65(68)59-56-53-50-47-44-41-38-35-32-29-26-23-20-17-14-11-8-5-2/h12,15,18,21,24,27,30-31,33-36,38,40,64H,4-11,13-14,16-17,19-20,22-23,25-26,28-29,32,37,39,41-63H2,1-3H3/b15-12-,21-18-,27-24-,33-30-,34-31-,38-35-,40-36-. The van der Waals surface area contributed by atoms with Crippen LogP contribution in [0.3, 0.4) is 0 Å². The van der Waals surface area contributed by atoms with Gasteiger partial charge in [0.15, 0.2) is 6.10 Å². The molecule has 0 saturated heterocycles. The monoisotopic (exact) mass is 1020 g/mol. The van der Waals surface area contributed by atoms with E-state index in [0.717, 1.165) is 89.9 Å². The number of allylic oxidation sites excluding steroid dienone is 14. The molecule has 73 heavy (non-hydrogen) atoms. The van der Waals surface area contributed by atoms with Gasteiger partial charge in [-0.1, -0.05) is 279 Å². The topological polar surface area (TPSA) is 78.9 Å². The fraction of sp³-hybridized carbons (Fsp3) is 0.746. The van der Waals surface area contributed by atoms with Crippen molar-refractivity contribution < 1.29 is 28.6 Å². The van der Waals surface area contributed by atoms with E-state index in [4.69, 9.17) is 14.2 Å². The summed E-state index contributed by atoms with van der Waals surface area (Å²) < 4.78 is 16.9. The summed E-state index contributed by atoms with van der Waals surface area (Å²) >= 11 is 0. The number of hydrogen-bond donors (Lipinski definition) is 0. The predicted molar refractivity (Wildman–Crippen MR) is 316 cm³/mol. The van der Waals surface area contributed by atoms with E-state index in [2.05, 4.69) is 81.5 Å². The van der Waals surface area contributed by atoms with Gasteiger partial charge in [0.1, 0.15) is 13.2 Å². The minimum Gasteiger partial charge on any atom is -0.462 e. The van der Waals surface area contributed by atoms with Crippen molar-refractivity contribution in [2.45, 2.75) is 309 Å². The van der Waals surface area contributed by atoms with E-state index in [1.165, 1.54) is 173 Å². The lowest BCUT2D eigenvalue weighted by atomic mass is 10.1. The first kappa shape index (κ1) is 69.6. The molecule has 420 valence electrons. The number of rotatable bonds is 56. The zero-order valence-corrected chi connectivity index (χ0v) is 48.1. The fourth-order valence-corrected chi connectivity index (χ4v) is 8.76. The van der Waals surface area contributed by atoms with Crippen LogP contribution in [0.1, 0.15) is 303 Å². The number of unbranched alkanes of at least 4 members (excludes halogenated alkanes) is 35. The maximum atomic E-state index is 12.9. The number of carbonyl (C=O) groups excluding carboxylic acids is 3. The van der Waals surface area contributed by atoms with Gasteiger partial charge < -0.3 is 14.2 Å². The maximum absolute atomic E-state index is 12.9. The van der Waals surface area contributed by atoms with Crippen molar-refractivity contribution in [1.82, 2.24) is 0 Å². The van der Waals surface area contributed by atoms with Crippen molar-refractivity contribution in [2.24, 2.45) is 0 Å². The third-order valence-electron chi connectivity index (χ3n) is 13.5. The molecule has 0 aromatic rings. The third-order valence-corrected chi connectivity index (χ3v) is 13.5. The quantitative estimate of drug-likeness (QED) is 0.0199. The van der Waals surface area contributed by atoms with E-state index in [9.17, 15) is 14.4 Å². The lowest BCUT2D eigenvalue weighted by molar-refractivity contribution is -0.167. The van der Waals surface area contributed by atoms with Gasteiger partial charge in [-0.15, -0.1) is 0 Å². The average Bonchev–Trinajstić information content (AvgIpc) is 3.39. The lowest BCUT2D eigenvalue weighted by Gasteiger charge is -2.18. The molecule has 0 N–H and O–H groups in total. The second kappa shape index (κ2) is 61.1. The van der Waals surface area contributed by atoms with Crippen LogP contribution in [0.5, 0.6) is 0 Å². The van der Waals surface area contributed by atoms with E-state index in [1.807, 2.05) is 24.3 Å². The van der Waals surface area contributed by atoms with Gasteiger partial charge in [-0.25, -0.2) is 0 Å². The predicted octanol–water partition coefficient (Wildman–Crippen LogP) is 21.1. The molecule has 6 heteroatoms. The van der Waals surface area contributed by atoms with Crippen molar-refractivity contribution in [3.63, 3.8) is 0 Å². The highest BCUT2D eigenvalue weighted by molar-refractivity contribution is 5.71. The van der Waals surface area contributed by atoms with Crippen LogP contribution in [-0.2, 0) is 28.6 Å². The van der Waals surface area contributed by atoms with Gasteiger partial charge >= 0.3 is 17.9 Å². The smallest absolute Gasteiger partial charge is 0.306 e. The molecule has 0 aliphatic carbocycles. The van der Waals surface area contributed by atoms with Crippen LogP contribution < -0.4 is 0 Å². The molecule has 0 fully saturated rings. The van der Waals surface area contributed by atoms with Crippen LogP contribution in [0, 0.1) is 0 Å². The van der Waals surface area contributed by atoms with Crippen molar-refractivity contribution >= 4 is 17.9 Å². The molecule has 0 aromatic carbocycles. The Kier molecular flexibility index (Phi) is 58.3. The number of carbonyl (C=O) groups is 3. The van der Waals surface area contributed by atoms with Crippen molar-refractivity contribution in [1.29, 1.82) is 0 Å². The van der Waals surface area contributed by atoms with Gasteiger partial charge in [0, 0.05) is 19.3 Å². The molecule has 0 rings (SSSR count). The molecular formula is C67H116O6. The summed E-state index contributed by atoms with van der Waals surface area (Å²) in [6, 6.07) is 0. The first-order valence-corrected chi connectivity index (χ1v) is 31.2. The summed E-state index contributed by atoms with van der Waals surface area (Å²) in [4.78, 5) is 38.3. The first-order chi connectivity index (χ1) is 36.0. The Morgan fingerprint density at radius 3 is 0.863 bits per heavy atom. The zero-order chi connectivity index (χ0) is 52.9. The van der Waals surface area contributed by atoms with Crippen molar-refractivity contribution in [2.75, 3.05) is 13.2 Å². The average molecular weight is 1020 g/mol. The summed E-state index contributed by atoms with van der Waals surface area (Å²) in [7, 11) is 0. The normalized spacial score (nSPS) is 12.6. The summed E-state index contributed by atoms with van der Waals surface area (Å²) in [6.07, 6.45) is 80.0. The molecular weight excluding hydrogens is 901 g/mol. The minimum atomic E-state index is -0.797. The Bertz CT molecular complexity index is 1400. The molecule has 1 unspecified atom stereocenters. The molecule has 0 aliphatic rings. The van der Waals surface area contributed by atoms with Gasteiger partial charge in [-0.2, -0.15) is 0 Å². The number of ether oxygens (including phenoxy) is 3. The second-order valence-electron chi connectivity index (χ2n) is 20.7. The SMILES string of the molecule is CCC\C=C/C=C\C=C/C=C\C=C/CCCCCCCC(=O)OC(COC(=O)CCCCCCC/C=C\CCCCCCCCCCC)COC(=O)CCCCCCCCC/C=C\CCCCCCCCCC. The third kappa shape index (κ3) is 59.3. The molecule has 0 aromatic heterocycles. The molecule has 6 nitrogen and oxygen atoms in total. The Morgan fingerprint density at radius 2 is 0.534 bits per heavy atom. The summed E-state index contributed by atoms with van der Waals surface area (Å²) in [5, 5.41) is 0. The van der Waals surface area contributed by atoms with Gasteiger partial charge in [-0.05, 0) is 89.9 Å². The molecule has 0 radical (unpaired) electrons. The van der Waals surface area contributed by atoms with Gasteiger partial charge in [0.2, 0.25) is 0 Å². The van der Waals surface area contributed by atoms with Crippen molar-refractivity contribution in [3.8, 4) is 0 Å². The molecule has 0 heterocycles. The highest BCUT2D eigenvalue weighted by atomic mass is 16.6. The Labute approximate surface area is 452 Å². The summed E-state index contributed by atoms with van der Waals surface area (Å²) in [5.74, 6) is -0.918. The van der Waals surface area contributed by atoms with Crippen LogP contribution >= 0.6 is 0 Å².